The van der Waals surface area contributed by atoms with Gasteiger partial charge in [-0.2, -0.15) is 0 Å². The minimum Gasteiger partial charge on any atom is -0.491 e. The summed E-state index contributed by atoms with van der Waals surface area (Å²) in [5.41, 5.74) is 5.33. The van der Waals surface area contributed by atoms with E-state index in [0.717, 1.165) is 45.1 Å². The van der Waals surface area contributed by atoms with E-state index in [0.29, 0.717) is 42.7 Å². The molecule has 1 aliphatic heterocycles. The normalized spacial score (nSPS) is 17.8. The quantitative estimate of drug-likeness (QED) is 0.110. The van der Waals surface area contributed by atoms with Crippen molar-refractivity contribution >= 4 is 11.9 Å². The maximum Gasteiger partial charge on any atom is 0.335 e. The van der Waals surface area contributed by atoms with Gasteiger partial charge in [-0.05, 0) is 108 Å². The molecule has 244 valence electrons. The summed E-state index contributed by atoms with van der Waals surface area (Å²) in [4.78, 5) is 26.0. The molecule has 1 amide bonds. The van der Waals surface area contributed by atoms with Crippen molar-refractivity contribution in [3.05, 3.63) is 54.3 Å². The number of nitrogens with zero attached hydrogens (tertiary/aromatic N) is 1. The summed E-state index contributed by atoms with van der Waals surface area (Å²) in [6, 6.07) is 7.46. The molecule has 7 nitrogen and oxygen atoms in total. The Kier molecular flexibility index (Phi) is 20.2. The van der Waals surface area contributed by atoms with Crippen LogP contribution in [0.15, 0.2) is 48.7 Å². The number of carbonyl (C=O) groups is 2. The maximum absolute atomic E-state index is 13.0. The van der Waals surface area contributed by atoms with Crippen LogP contribution in [0.4, 0.5) is 0 Å². The third-order valence-electron chi connectivity index (χ3n) is 8.04. The van der Waals surface area contributed by atoms with E-state index in [1.165, 1.54) is 25.7 Å². The Morgan fingerprint density at radius 1 is 1.05 bits per heavy atom. The fraction of sp³-hybridized carbons (Fsp3) is 0.667. The number of allylic oxidation sites excluding steroid dienone is 3. The van der Waals surface area contributed by atoms with Gasteiger partial charge in [-0.15, -0.1) is 0 Å². The van der Waals surface area contributed by atoms with Crippen molar-refractivity contribution in [2.45, 2.75) is 130 Å². The Morgan fingerprint density at radius 2 is 1.72 bits per heavy atom. The molecule has 0 bridgehead atoms. The van der Waals surface area contributed by atoms with Gasteiger partial charge in [-0.3, -0.25) is 4.79 Å². The standard InChI is InChI=1S/C30H48N2O4.C6H13N/c1-6-7-9-22(2)11-13-24(4)31-25(5)14-12-23(3)20-29(33)32-19-8-10-27(32)21-36-28-17-15-26(16-18-28)30(34)35;1-2-3-4-5-6-7/h7,9,15-18,22-25,27,31H,6,8,10-14,19-21H2,1-5H3,(H,34,35);5-6H,2-4,7H2,1H3/b9-7-;6-5-. The first-order chi connectivity index (χ1) is 20.6. The van der Waals surface area contributed by atoms with Gasteiger partial charge < -0.3 is 25.8 Å². The molecule has 2 rings (SSSR count). The van der Waals surface area contributed by atoms with Gasteiger partial charge in [0.05, 0.1) is 11.6 Å². The van der Waals surface area contributed by atoms with Crippen LogP contribution in [-0.4, -0.2) is 53.2 Å². The Labute approximate surface area is 262 Å². The van der Waals surface area contributed by atoms with Gasteiger partial charge in [0, 0.05) is 25.0 Å². The largest absolute Gasteiger partial charge is 0.491 e. The topological polar surface area (TPSA) is 105 Å². The number of carboxylic acids is 1. The van der Waals surface area contributed by atoms with Crippen molar-refractivity contribution in [2.75, 3.05) is 13.2 Å². The smallest absolute Gasteiger partial charge is 0.335 e. The molecule has 0 aromatic heterocycles. The van der Waals surface area contributed by atoms with Gasteiger partial charge in [0.1, 0.15) is 12.4 Å². The molecule has 1 heterocycles. The molecule has 1 saturated heterocycles. The van der Waals surface area contributed by atoms with Crippen molar-refractivity contribution < 1.29 is 19.4 Å². The molecule has 1 aromatic carbocycles. The number of benzene rings is 1. The number of amides is 1. The molecule has 1 aliphatic rings. The minimum atomic E-state index is -0.951. The van der Waals surface area contributed by atoms with Gasteiger partial charge in [-0.1, -0.05) is 58.8 Å². The molecular formula is C36H61N3O4. The zero-order valence-corrected chi connectivity index (χ0v) is 27.9. The maximum atomic E-state index is 13.0. The van der Waals surface area contributed by atoms with E-state index in [-0.39, 0.29) is 17.5 Å². The summed E-state index contributed by atoms with van der Waals surface area (Å²) < 4.78 is 5.88. The Balaban J connectivity index is 0.00000117. The molecule has 0 radical (unpaired) electrons. The molecule has 0 saturated carbocycles. The van der Waals surface area contributed by atoms with Crippen LogP contribution in [-0.2, 0) is 4.79 Å². The molecular weight excluding hydrogens is 538 g/mol. The second kappa shape index (κ2) is 22.7. The van der Waals surface area contributed by atoms with Crippen LogP contribution in [0, 0.1) is 11.8 Å². The number of nitrogens with one attached hydrogen (secondary N) is 1. The van der Waals surface area contributed by atoms with E-state index in [2.05, 4.69) is 59.0 Å². The van der Waals surface area contributed by atoms with Crippen molar-refractivity contribution in [3.8, 4) is 5.75 Å². The molecule has 4 N–H and O–H groups in total. The van der Waals surface area contributed by atoms with Crippen molar-refractivity contribution in [2.24, 2.45) is 17.6 Å². The Hall–Kier alpha value is -2.80. The van der Waals surface area contributed by atoms with E-state index in [1.54, 1.807) is 30.5 Å². The van der Waals surface area contributed by atoms with Crippen molar-refractivity contribution in [3.63, 3.8) is 0 Å². The lowest BCUT2D eigenvalue weighted by molar-refractivity contribution is -0.133. The van der Waals surface area contributed by atoms with Crippen LogP contribution >= 0.6 is 0 Å². The van der Waals surface area contributed by atoms with E-state index < -0.39 is 5.97 Å². The lowest BCUT2D eigenvalue weighted by atomic mass is 9.97. The number of unbranched alkanes of at least 4 members (excludes halogenated alkanes) is 2. The molecule has 5 atom stereocenters. The van der Waals surface area contributed by atoms with Crippen LogP contribution in [0.1, 0.15) is 123 Å². The SMILES string of the molecule is CC/C=C\C(C)CCC(C)NC(C)CCC(C)CC(=O)N1CCCC1COc1ccc(C(=O)O)cc1.CCCC/C=C\N. The second-order valence-electron chi connectivity index (χ2n) is 12.3. The zero-order valence-electron chi connectivity index (χ0n) is 27.9. The monoisotopic (exact) mass is 599 g/mol. The van der Waals surface area contributed by atoms with Gasteiger partial charge in [0.25, 0.3) is 0 Å². The summed E-state index contributed by atoms with van der Waals surface area (Å²) >= 11 is 0. The van der Waals surface area contributed by atoms with Crippen LogP contribution in [0.2, 0.25) is 0 Å². The average molecular weight is 600 g/mol. The van der Waals surface area contributed by atoms with E-state index >= 15 is 0 Å². The zero-order chi connectivity index (χ0) is 32.0. The van der Waals surface area contributed by atoms with Crippen LogP contribution in [0.3, 0.4) is 0 Å². The number of carboxylic acid groups (broad SMARTS) is 1. The van der Waals surface area contributed by atoms with Crippen LogP contribution in [0.5, 0.6) is 5.75 Å². The minimum absolute atomic E-state index is 0.0832. The lowest BCUT2D eigenvalue weighted by Crippen LogP contribution is -2.39. The summed E-state index contributed by atoms with van der Waals surface area (Å²) in [7, 11) is 0. The van der Waals surface area contributed by atoms with E-state index in [4.69, 9.17) is 15.6 Å². The summed E-state index contributed by atoms with van der Waals surface area (Å²) in [5.74, 6) is 0.885. The third kappa shape index (κ3) is 17.2. The van der Waals surface area contributed by atoms with Crippen molar-refractivity contribution in [1.29, 1.82) is 0 Å². The molecule has 5 unspecified atom stereocenters. The Bertz CT molecular complexity index is 946. The number of hydrogen-bond donors (Lipinski definition) is 3. The molecule has 0 spiro atoms. The number of ether oxygens (including phenoxy) is 1. The highest BCUT2D eigenvalue weighted by Gasteiger charge is 2.30. The predicted molar refractivity (Wildman–Crippen MR) is 179 cm³/mol. The second-order valence-corrected chi connectivity index (χ2v) is 12.3. The van der Waals surface area contributed by atoms with Crippen LogP contribution < -0.4 is 15.8 Å². The van der Waals surface area contributed by atoms with Crippen molar-refractivity contribution in [1.82, 2.24) is 10.2 Å². The van der Waals surface area contributed by atoms with Gasteiger partial charge in [0.15, 0.2) is 0 Å². The van der Waals surface area contributed by atoms with E-state index in [1.807, 2.05) is 11.0 Å². The first-order valence-electron chi connectivity index (χ1n) is 16.7. The van der Waals surface area contributed by atoms with Gasteiger partial charge in [-0.25, -0.2) is 4.79 Å². The highest BCUT2D eigenvalue weighted by atomic mass is 16.5. The fourth-order valence-electron chi connectivity index (χ4n) is 5.32. The molecule has 7 heteroatoms. The highest BCUT2D eigenvalue weighted by Crippen LogP contribution is 2.23. The molecule has 0 aliphatic carbocycles. The summed E-state index contributed by atoms with van der Waals surface area (Å²) in [5, 5.41) is 12.8. The first kappa shape index (κ1) is 38.2. The third-order valence-corrected chi connectivity index (χ3v) is 8.04. The van der Waals surface area contributed by atoms with Gasteiger partial charge in [0.2, 0.25) is 5.91 Å². The number of nitrogens with two attached hydrogens (primary N) is 1. The lowest BCUT2D eigenvalue weighted by Gasteiger charge is -2.27. The predicted octanol–water partition coefficient (Wildman–Crippen LogP) is 7.96. The average Bonchev–Trinajstić information content (AvgIpc) is 3.46. The summed E-state index contributed by atoms with van der Waals surface area (Å²) in [6.07, 6.45) is 19.9. The fourth-order valence-corrected chi connectivity index (χ4v) is 5.32. The van der Waals surface area contributed by atoms with Gasteiger partial charge >= 0.3 is 5.97 Å². The number of rotatable bonds is 19. The van der Waals surface area contributed by atoms with E-state index in [9.17, 15) is 9.59 Å². The summed E-state index contributed by atoms with van der Waals surface area (Å²) in [6.45, 7) is 14.6. The van der Waals surface area contributed by atoms with Crippen LogP contribution in [0.25, 0.3) is 0 Å². The molecule has 43 heavy (non-hydrogen) atoms. The number of aromatic carboxylic acids is 1. The first-order valence-corrected chi connectivity index (χ1v) is 16.7. The molecule has 1 fully saturated rings. The number of likely N-dealkylation sites (tertiary alicyclic amines) is 1. The number of hydrogen-bond acceptors (Lipinski definition) is 5. The molecule has 1 aromatic rings. The number of carbonyl (C=O) groups excluding carboxylic acids is 1. The Morgan fingerprint density at radius 3 is 2.33 bits per heavy atom. The highest BCUT2D eigenvalue weighted by molar-refractivity contribution is 5.87.